The van der Waals surface area contributed by atoms with Gasteiger partial charge in [0.15, 0.2) is 11.6 Å². The third-order valence-electron chi connectivity index (χ3n) is 2.86. The van der Waals surface area contributed by atoms with Crippen LogP contribution in [0.15, 0.2) is 18.2 Å². The first-order valence-electron chi connectivity index (χ1n) is 5.89. The van der Waals surface area contributed by atoms with Crippen molar-refractivity contribution in [2.75, 3.05) is 20.1 Å². The van der Waals surface area contributed by atoms with E-state index in [0.29, 0.717) is 12.6 Å². The molecule has 96 valence electrons. The van der Waals surface area contributed by atoms with Crippen molar-refractivity contribution in [3.63, 3.8) is 0 Å². The molecule has 0 bridgehead atoms. The van der Waals surface area contributed by atoms with Gasteiger partial charge in [0.1, 0.15) is 0 Å². The summed E-state index contributed by atoms with van der Waals surface area (Å²) in [6, 6.07) is 4.99. The predicted molar refractivity (Wildman–Crippen MR) is 67.5 cm³/mol. The van der Waals surface area contributed by atoms with Gasteiger partial charge in [-0.3, -0.25) is 0 Å². The summed E-state index contributed by atoms with van der Waals surface area (Å²) in [7, 11) is 2.08. The molecule has 0 aromatic heterocycles. The van der Waals surface area contributed by atoms with Crippen molar-refractivity contribution in [3.05, 3.63) is 29.6 Å². The highest BCUT2D eigenvalue weighted by Gasteiger charge is 2.03. The largest absolute Gasteiger partial charge is 0.505 e. The van der Waals surface area contributed by atoms with Gasteiger partial charge in [0.05, 0.1) is 0 Å². The number of rotatable bonds is 6. The first-order chi connectivity index (χ1) is 8.00. The maximum absolute atomic E-state index is 13.0. The zero-order valence-electron chi connectivity index (χ0n) is 10.7. The quantitative estimate of drug-likeness (QED) is 0.746. The van der Waals surface area contributed by atoms with E-state index >= 15 is 0 Å². The van der Waals surface area contributed by atoms with Crippen LogP contribution < -0.4 is 5.32 Å². The highest BCUT2D eigenvalue weighted by molar-refractivity contribution is 5.27. The van der Waals surface area contributed by atoms with Gasteiger partial charge in [-0.1, -0.05) is 6.07 Å². The summed E-state index contributed by atoms with van der Waals surface area (Å²) in [5, 5.41) is 12.3. The number of aromatic hydroxyl groups is 1. The molecule has 2 N–H and O–H groups in total. The van der Waals surface area contributed by atoms with Crippen LogP contribution >= 0.6 is 0 Å². The van der Waals surface area contributed by atoms with Crippen molar-refractivity contribution in [1.82, 2.24) is 10.2 Å². The Hall–Kier alpha value is -1.13. The van der Waals surface area contributed by atoms with Crippen LogP contribution in [0, 0.1) is 5.82 Å². The van der Waals surface area contributed by atoms with Gasteiger partial charge in [-0.05, 0) is 38.6 Å². The summed E-state index contributed by atoms with van der Waals surface area (Å²) in [6.45, 7) is 6.73. The highest BCUT2D eigenvalue weighted by atomic mass is 19.1. The lowest BCUT2D eigenvalue weighted by molar-refractivity contribution is 0.273. The number of phenols is 1. The first-order valence-corrected chi connectivity index (χ1v) is 5.89. The zero-order chi connectivity index (χ0) is 12.8. The molecule has 3 nitrogen and oxygen atoms in total. The topological polar surface area (TPSA) is 35.5 Å². The minimum atomic E-state index is -0.566. The summed E-state index contributed by atoms with van der Waals surface area (Å²) in [4.78, 5) is 2.24. The molecular formula is C13H21FN2O. The second-order valence-electron chi connectivity index (χ2n) is 4.54. The van der Waals surface area contributed by atoms with Crippen molar-refractivity contribution in [1.29, 1.82) is 0 Å². The number of halogens is 1. The Morgan fingerprint density at radius 1 is 1.41 bits per heavy atom. The van der Waals surface area contributed by atoms with Gasteiger partial charge in [0.2, 0.25) is 0 Å². The van der Waals surface area contributed by atoms with Crippen LogP contribution in [0.25, 0.3) is 0 Å². The van der Waals surface area contributed by atoms with Crippen molar-refractivity contribution in [3.8, 4) is 5.75 Å². The van der Waals surface area contributed by atoms with Crippen LogP contribution in [0.3, 0.4) is 0 Å². The molecule has 0 saturated heterocycles. The fourth-order valence-electron chi connectivity index (χ4n) is 1.41. The molecule has 0 heterocycles. The van der Waals surface area contributed by atoms with E-state index in [-0.39, 0.29) is 5.75 Å². The van der Waals surface area contributed by atoms with E-state index in [0.717, 1.165) is 18.7 Å². The average Bonchev–Trinajstić information content (AvgIpc) is 2.28. The van der Waals surface area contributed by atoms with Crippen LogP contribution in [-0.2, 0) is 6.54 Å². The molecule has 1 aromatic carbocycles. The Kier molecular flexibility index (Phi) is 5.38. The normalized spacial score (nSPS) is 11.4. The molecule has 4 heteroatoms. The van der Waals surface area contributed by atoms with Crippen molar-refractivity contribution < 1.29 is 9.50 Å². The molecule has 0 amide bonds. The number of nitrogens with zero attached hydrogens (tertiary/aromatic N) is 1. The molecule has 0 fully saturated rings. The second-order valence-corrected chi connectivity index (χ2v) is 4.54. The molecule has 0 aliphatic heterocycles. The molecule has 1 rings (SSSR count). The molecule has 0 saturated carbocycles. The summed E-state index contributed by atoms with van der Waals surface area (Å²) >= 11 is 0. The van der Waals surface area contributed by atoms with Gasteiger partial charge in [0, 0.05) is 25.7 Å². The van der Waals surface area contributed by atoms with Crippen LogP contribution in [0.5, 0.6) is 5.75 Å². The van der Waals surface area contributed by atoms with Crippen LogP contribution in [0.1, 0.15) is 19.4 Å². The number of benzene rings is 1. The van der Waals surface area contributed by atoms with Crippen molar-refractivity contribution in [2.45, 2.75) is 26.4 Å². The zero-order valence-corrected chi connectivity index (χ0v) is 10.7. The van der Waals surface area contributed by atoms with Gasteiger partial charge in [-0.2, -0.15) is 0 Å². The molecule has 0 atom stereocenters. The molecule has 0 aliphatic carbocycles. The van der Waals surface area contributed by atoms with Crippen LogP contribution in [0.2, 0.25) is 0 Å². The molecule has 0 unspecified atom stereocenters. The summed E-state index contributed by atoms with van der Waals surface area (Å²) in [5.74, 6) is -0.864. The lowest BCUT2D eigenvalue weighted by Gasteiger charge is -2.20. The van der Waals surface area contributed by atoms with E-state index in [1.807, 2.05) is 0 Å². The molecule has 0 radical (unpaired) electrons. The lowest BCUT2D eigenvalue weighted by Crippen LogP contribution is -2.33. The van der Waals surface area contributed by atoms with Crippen LogP contribution in [0.4, 0.5) is 4.39 Å². The maximum Gasteiger partial charge on any atom is 0.165 e. The molecule has 0 spiro atoms. The maximum atomic E-state index is 13.0. The molecule has 0 aliphatic rings. The monoisotopic (exact) mass is 240 g/mol. The second kappa shape index (κ2) is 6.57. The minimum Gasteiger partial charge on any atom is -0.505 e. The van der Waals surface area contributed by atoms with Gasteiger partial charge in [-0.25, -0.2) is 4.39 Å². The first kappa shape index (κ1) is 13.9. The number of nitrogens with one attached hydrogen (secondary N) is 1. The standard InChI is InChI=1S/C13H21FN2O/c1-10(2)16(3)7-6-15-9-11-4-5-13(17)12(14)8-11/h4-5,8,10,15,17H,6-7,9H2,1-3H3. The number of likely N-dealkylation sites (N-methyl/N-ethyl adjacent to an activating group) is 1. The van der Waals surface area contributed by atoms with Gasteiger partial charge in [0.25, 0.3) is 0 Å². The van der Waals surface area contributed by atoms with E-state index in [9.17, 15) is 4.39 Å². The smallest absolute Gasteiger partial charge is 0.165 e. The Morgan fingerprint density at radius 2 is 2.12 bits per heavy atom. The minimum absolute atomic E-state index is 0.298. The third kappa shape index (κ3) is 4.71. The molecule has 1 aromatic rings. The lowest BCUT2D eigenvalue weighted by atomic mass is 10.2. The average molecular weight is 240 g/mol. The van der Waals surface area contributed by atoms with Gasteiger partial charge >= 0.3 is 0 Å². The Bertz CT molecular complexity index is 355. The summed E-state index contributed by atoms with van der Waals surface area (Å²) < 4.78 is 13.0. The fraction of sp³-hybridized carbons (Fsp3) is 0.538. The van der Waals surface area contributed by atoms with E-state index in [1.165, 1.54) is 12.1 Å². The Balaban J connectivity index is 2.29. The number of hydrogen-bond acceptors (Lipinski definition) is 3. The van der Waals surface area contributed by atoms with Gasteiger partial charge in [-0.15, -0.1) is 0 Å². The van der Waals surface area contributed by atoms with Crippen molar-refractivity contribution in [2.24, 2.45) is 0 Å². The Labute approximate surface area is 102 Å². The van der Waals surface area contributed by atoms with Crippen molar-refractivity contribution >= 4 is 0 Å². The third-order valence-corrected chi connectivity index (χ3v) is 2.86. The summed E-state index contributed by atoms with van der Waals surface area (Å²) in [5.41, 5.74) is 0.840. The van der Waals surface area contributed by atoms with E-state index in [2.05, 4.69) is 31.1 Å². The predicted octanol–water partition coefficient (Wildman–Crippen LogP) is 1.96. The van der Waals surface area contributed by atoms with Gasteiger partial charge < -0.3 is 15.3 Å². The molecular weight excluding hydrogens is 219 g/mol. The number of hydrogen-bond donors (Lipinski definition) is 2. The van der Waals surface area contributed by atoms with E-state index in [4.69, 9.17) is 5.11 Å². The SMILES string of the molecule is CC(C)N(C)CCNCc1ccc(O)c(F)c1. The fourth-order valence-corrected chi connectivity index (χ4v) is 1.41. The Morgan fingerprint density at radius 3 is 2.71 bits per heavy atom. The summed E-state index contributed by atoms with van der Waals surface area (Å²) in [6.07, 6.45) is 0. The van der Waals surface area contributed by atoms with E-state index in [1.54, 1.807) is 6.07 Å². The highest BCUT2D eigenvalue weighted by Crippen LogP contribution is 2.15. The van der Waals surface area contributed by atoms with E-state index < -0.39 is 5.82 Å². The number of phenolic OH excluding ortho intramolecular Hbond substituents is 1. The molecule has 17 heavy (non-hydrogen) atoms. The van der Waals surface area contributed by atoms with Crippen LogP contribution in [-0.4, -0.2) is 36.2 Å².